The second-order valence-corrected chi connectivity index (χ2v) is 6.67. The van der Waals surface area contributed by atoms with Gasteiger partial charge in [0.1, 0.15) is 6.04 Å². The second-order valence-electron chi connectivity index (χ2n) is 6.67. The molecule has 126 valence electrons. The normalized spacial score (nSPS) is 23.0. The van der Waals surface area contributed by atoms with Crippen LogP contribution in [0.25, 0.3) is 11.3 Å². The highest BCUT2D eigenvalue weighted by Crippen LogP contribution is 2.52. The molecule has 0 saturated heterocycles. The maximum absolute atomic E-state index is 13.2. The van der Waals surface area contributed by atoms with Crippen LogP contribution in [0.3, 0.4) is 0 Å². The van der Waals surface area contributed by atoms with Gasteiger partial charge in [0.05, 0.1) is 11.1 Å². The molecule has 2 aromatic rings. The zero-order valence-corrected chi connectivity index (χ0v) is 13.6. The van der Waals surface area contributed by atoms with Gasteiger partial charge in [-0.2, -0.15) is 5.10 Å². The van der Waals surface area contributed by atoms with Crippen molar-refractivity contribution in [2.45, 2.75) is 50.5 Å². The van der Waals surface area contributed by atoms with Crippen molar-refractivity contribution in [3.63, 3.8) is 0 Å². The van der Waals surface area contributed by atoms with Gasteiger partial charge in [0.15, 0.2) is 0 Å². The Morgan fingerprint density at radius 1 is 1.29 bits per heavy atom. The molecule has 1 N–H and O–H groups in total. The third-order valence-electron chi connectivity index (χ3n) is 5.44. The average molecular weight is 331 g/mol. The van der Waals surface area contributed by atoms with Crippen molar-refractivity contribution in [2.75, 3.05) is 5.32 Å². The summed E-state index contributed by atoms with van der Waals surface area (Å²) in [6.07, 6.45) is 2.89. The summed E-state index contributed by atoms with van der Waals surface area (Å²) in [5, 5.41) is 7.26. The summed E-state index contributed by atoms with van der Waals surface area (Å²) in [4.78, 5) is 12.4. The molecule has 1 fully saturated rings. The Morgan fingerprint density at radius 2 is 2.00 bits per heavy atom. The van der Waals surface area contributed by atoms with Crippen molar-refractivity contribution in [3.05, 3.63) is 36.0 Å². The number of fused-ring (bicyclic) bond motifs is 1. The molecule has 4 rings (SSSR count). The SMILES string of the molecule is CCC1(CC)C(=O)Nc2ccc(-c3ccn(C4CC4(F)F)n3)cc21. The van der Waals surface area contributed by atoms with E-state index in [2.05, 4.69) is 10.4 Å². The predicted octanol–water partition coefficient (Wildman–Crippen LogP) is 4.14. The molecule has 0 bridgehead atoms. The van der Waals surface area contributed by atoms with Crippen molar-refractivity contribution < 1.29 is 13.6 Å². The topological polar surface area (TPSA) is 46.9 Å². The van der Waals surface area contributed by atoms with E-state index in [1.807, 2.05) is 32.0 Å². The molecular formula is C18H19F2N3O. The van der Waals surface area contributed by atoms with Crippen molar-refractivity contribution in [1.82, 2.24) is 9.78 Å². The quantitative estimate of drug-likeness (QED) is 0.915. The van der Waals surface area contributed by atoms with Crippen LogP contribution in [-0.2, 0) is 10.2 Å². The Bertz CT molecular complexity index is 823. The number of aromatic nitrogens is 2. The van der Waals surface area contributed by atoms with Gasteiger partial charge >= 0.3 is 0 Å². The van der Waals surface area contributed by atoms with Crippen molar-refractivity contribution >= 4 is 11.6 Å². The van der Waals surface area contributed by atoms with E-state index in [0.717, 1.165) is 16.8 Å². The van der Waals surface area contributed by atoms with E-state index in [1.165, 1.54) is 4.68 Å². The number of halogens is 2. The van der Waals surface area contributed by atoms with Gasteiger partial charge in [0.2, 0.25) is 5.91 Å². The smallest absolute Gasteiger partial charge is 0.272 e. The van der Waals surface area contributed by atoms with E-state index >= 15 is 0 Å². The fraction of sp³-hybridized carbons (Fsp3) is 0.444. The number of hydrogen-bond acceptors (Lipinski definition) is 2. The van der Waals surface area contributed by atoms with Gasteiger partial charge in [0, 0.05) is 23.9 Å². The third kappa shape index (κ3) is 2.01. The van der Waals surface area contributed by atoms with E-state index in [4.69, 9.17) is 0 Å². The number of carbonyl (C=O) groups is 1. The molecule has 1 unspecified atom stereocenters. The average Bonchev–Trinajstić information content (AvgIpc) is 2.91. The van der Waals surface area contributed by atoms with Crippen LogP contribution < -0.4 is 5.32 Å². The van der Waals surface area contributed by atoms with Crippen LogP contribution in [0, 0.1) is 0 Å². The lowest BCUT2D eigenvalue weighted by Gasteiger charge is -2.24. The first-order valence-electron chi connectivity index (χ1n) is 8.30. The Morgan fingerprint density at radius 3 is 2.62 bits per heavy atom. The first kappa shape index (κ1) is 15.3. The summed E-state index contributed by atoms with van der Waals surface area (Å²) < 4.78 is 27.8. The van der Waals surface area contributed by atoms with E-state index in [1.54, 1.807) is 12.3 Å². The molecule has 24 heavy (non-hydrogen) atoms. The van der Waals surface area contributed by atoms with Crippen LogP contribution >= 0.6 is 0 Å². The summed E-state index contributed by atoms with van der Waals surface area (Å²) in [5.74, 6) is -2.61. The Balaban J connectivity index is 1.72. The van der Waals surface area contributed by atoms with Crippen LogP contribution in [0.2, 0.25) is 0 Å². The number of anilines is 1. The highest BCUT2D eigenvalue weighted by atomic mass is 19.3. The number of nitrogens with one attached hydrogen (secondary N) is 1. The van der Waals surface area contributed by atoms with E-state index in [0.29, 0.717) is 18.5 Å². The highest BCUT2D eigenvalue weighted by Gasteiger charge is 2.59. The lowest BCUT2D eigenvalue weighted by Crippen LogP contribution is -2.32. The van der Waals surface area contributed by atoms with E-state index < -0.39 is 17.4 Å². The molecule has 4 nitrogen and oxygen atoms in total. The molecule has 1 aliphatic carbocycles. The minimum atomic E-state index is -2.64. The molecule has 1 amide bonds. The Kier molecular flexibility index (Phi) is 3.11. The summed E-state index contributed by atoms with van der Waals surface area (Å²) in [7, 11) is 0. The molecule has 1 aromatic carbocycles. The number of alkyl halides is 2. The van der Waals surface area contributed by atoms with Crippen LogP contribution in [0.4, 0.5) is 14.5 Å². The number of carbonyl (C=O) groups excluding carboxylic acids is 1. The van der Waals surface area contributed by atoms with Crippen LogP contribution in [0.15, 0.2) is 30.5 Å². The number of amides is 1. The maximum atomic E-state index is 13.2. The Labute approximate surface area is 138 Å². The summed E-state index contributed by atoms with van der Waals surface area (Å²) in [5.41, 5.74) is 2.79. The first-order valence-corrected chi connectivity index (χ1v) is 8.30. The number of nitrogens with zero attached hydrogens (tertiary/aromatic N) is 2. The van der Waals surface area contributed by atoms with Crippen molar-refractivity contribution in [2.24, 2.45) is 0 Å². The van der Waals surface area contributed by atoms with Crippen molar-refractivity contribution in [1.29, 1.82) is 0 Å². The highest BCUT2D eigenvalue weighted by molar-refractivity contribution is 6.06. The molecule has 2 aliphatic rings. The predicted molar refractivity (Wildman–Crippen MR) is 87.2 cm³/mol. The molecule has 1 aliphatic heterocycles. The molecule has 1 aromatic heterocycles. The molecular weight excluding hydrogens is 312 g/mol. The van der Waals surface area contributed by atoms with Gasteiger partial charge in [0.25, 0.3) is 5.92 Å². The number of benzene rings is 1. The molecule has 2 heterocycles. The summed E-state index contributed by atoms with van der Waals surface area (Å²) in [6.45, 7) is 4.02. The molecule has 1 atom stereocenters. The van der Waals surface area contributed by atoms with Crippen LogP contribution in [-0.4, -0.2) is 21.6 Å². The molecule has 6 heteroatoms. The molecule has 1 saturated carbocycles. The van der Waals surface area contributed by atoms with E-state index in [-0.39, 0.29) is 12.3 Å². The monoisotopic (exact) mass is 331 g/mol. The molecule has 0 spiro atoms. The Hall–Kier alpha value is -2.24. The zero-order valence-electron chi connectivity index (χ0n) is 13.6. The van der Waals surface area contributed by atoms with Crippen LogP contribution in [0.1, 0.15) is 44.7 Å². The first-order chi connectivity index (χ1) is 11.4. The third-order valence-corrected chi connectivity index (χ3v) is 5.44. The van der Waals surface area contributed by atoms with Crippen LogP contribution in [0.5, 0.6) is 0 Å². The van der Waals surface area contributed by atoms with Gasteiger partial charge in [-0.1, -0.05) is 19.9 Å². The largest absolute Gasteiger partial charge is 0.325 e. The lowest BCUT2D eigenvalue weighted by molar-refractivity contribution is -0.121. The van der Waals surface area contributed by atoms with Gasteiger partial charge < -0.3 is 5.32 Å². The fourth-order valence-electron chi connectivity index (χ4n) is 3.68. The minimum absolute atomic E-state index is 0.0304. The standard InChI is InChI=1S/C18H19F2N3O/c1-3-17(4-2)12-9-11(5-6-14(12)21-16(17)24)13-7-8-23(22-13)15-10-18(15,19)20/h5-9,15H,3-4,10H2,1-2H3,(H,21,24). The summed E-state index contributed by atoms with van der Waals surface area (Å²) >= 11 is 0. The lowest BCUT2D eigenvalue weighted by atomic mass is 9.76. The minimum Gasteiger partial charge on any atom is -0.325 e. The maximum Gasteiger partial charge on any atom is 0.272 e. The van der Waals surface area contributed by atoms with Crippen molar-refractivity contribution in [3.8, 4) is 11.3 Å². The fourth-order valence-corrected chi connectivity index (χ4v) is 3.68. The number of rotatable bonds is 4. The van der Waals surface area contributed by atoms with Gasteiger partial charge in [-0.3, -0.25) is 9.48 Å². The van der Waals surface area contributed by atoms with E-state index in [9.17, 15) is 13.6 Å². The van der Waals surface area contributed by atoms with Gasteiger partial charge in [-0.05, 0) is 36.6 Å². The van der Waals surface area contributed by atoms with Gasteiger partial charge in [-0.15, -0.1) is 0 Å². The second kappa shape index (κ2) is 4.88. The van der Waals surface area contributed by atoms with Gasteiger partial charge in [-0.25, -0.2) is 8.78 Å². The number of hydrogen-bond donors (Lipinski definition) is 1. The zero-order chi connectivity index (χ0) is 17.1. The summed E-state index contributed by atoms with van der Waals surface area (Å²) in [6, 6.07) is 6.64. The molecule has 0 radical (unpaired) electrons.